The van der Waals surface area contributed by atoms with Gasteiger partial charge in [-0.1, -0.05) is 53.2 Å². The van der Waals surface area contributed by atoms with Crippen molar-refractivity contribution in [2.24, 2.45) is 22.5 Å². The molecule has 0 aliphatic heterocycles. The van der Waals surface area contributed by atoms with Crippen LogP contribution >= 0.6 is 0 Å². The van der Waals surface area contributed by atoms with Gasteiger partial charge in [0.05, 0.1) is 6.54 Å². The van der Waals surface area contributed by atoms with Gasteiger partial charge < -0.3 is 5.32 Å². The van der Waals surface area contributed by atoms with Crippen LogP contribution in [0.4, 0.5) is 0 Å². The standard InChI is InChI=1S/C16H33N5/c1-8-14(9-12(2)10-16(4,5)6)15(18-7)13(3)11-19-21-20-17/h13-15,18-19H,2,8-11H2,1,3-7H3. The van der Waals surface area contributed by atoms with Crippen molar-refractivity contribution in [3.63, 3.8) is 0 Å². The number of azide groups is 1. The predicted octanol–water partition coefficient (Wildman–Crippen LogP) is 4.43. The van der Waals surface area contributed by atoms with Crippen molar-refractivity contribution in [3.8, 4) is 0 Å². The van der Waals surface area contributed by atoms with Gasteiger partial charge in [-0.05, 0) is 36.4 Å². The molecular formula is C16H33N5. The van der Waals surface area contributed by atoms with Gasteiger partial charge in [-0.2, -0.15) is 4.91 Å². The average Bonchev–Trinajstić information content (AvgIpc) is 2.36. The van der Waals surface area contributed by atoms with Crippen LogP contribution in [-0.2, 0) is 0 Å². The molecule has 0 aromatic carbocycles. The third-order valence-electron chi connectivity index (χ3n) is 3.84. The molecule has 2 N–H and O–H groups in total. The Labute approximate surface area is 130 Å². The van der Waals surface area contributed by atoms with Gasteiger partial charge in [0.25, 0.3) is 0 Å². The maximum absolute atomic E-state index is 8.33. The van der Waals surface area contributed by atoms with E-state index >= 15 is 0 Å². The number of rotatable bonds is 10. The summed E-state index contributed by atoms with van der Waals surface area (Å²) in [5.41, 5.74) is 12.7. The van der Waals surface area contributed by atoms with Crippen LogP contribution in [0.5, 0.6) is 0 Å². The van der Waals surface area contributed by atoms with Crippen LogP contribution in [0.25, 0.3) is 10.4 Å². The summed E-state index contributed by atoms with van der Waals surface area (Å²) in [5.74, 6) is 0.931. The highest BCUT2D eigenvalue weighted by atomic mass is 15.4. The molecule has 0 saturated heterocycles. The van der Waals surface area contributed by atoms with Gasteiger partial charge in [-0.25, -0.2) is 0 Å². The summed E-state index contributed by atoms with van der Waals surface area (Å²) in [6, 6.07) is 0.383. The zero-order valence-electron chi connectivity index (χ0n) is 14.6. The Morgan fingerprint density at radius 2 is 2.00 bits per heavy atom. The molecule has 0 amide bonds. The smallest absolute Gasteiger partial charge is 0.0899 e. The topological polar surface area (TPSA) is 72.8 Å². The minimum atomic E-state index is 0.291. The van der Waals surface area contributed by atoms with Crippen molar-refractivity contribution in [1.82, 2.24) is 10.7 Å². The lowest BCUT2D eigenvalue weighted by Crippen LogP contribution is -2.42. The van der Waals surface area contributed by atoms with E-state index in [2.05, 4.69) is 62.1 Å². The van der Waals surface area contributed by atoms with Crippen molar-refractivity contribution in [3.05, 3.63) is 22.6 Å². The third-order valence-corrected chi connectivity index (χ3v) is 3.84. The molecule has 0 rings (SSSR count). The zero-order valence-corrected chi connectivity index (χ0v) is 14.6. The van der Waals surface area contributed by atoms with Crippen LogP contribution in [0.1, 0.15) is 53.9 Å². The van der Waals surface area contributed by atoms with E-state index in [0.29, 0.717) is 29.8 Å². The molecule has 0 heterocycles. The Bertz CT molecular complexity index is 352. The normalized spacial score (nSPS) is 15.7. The second-order valence-electron chi connectivity index (χ2n) is 7.20. The fourth-order valence-corrected chi connectivity index (χ4v) is 3.05. The van der Waals surface area contributed by atoms with Gasteiger partial charge in [-0.3, -0.25) is 5.43 Å². The van der Waals surface area contributed by atoms with Gasteiger partial charge in [0.15, 0.2) is 0 Å². The van der Waals surface area contributed by atoms with E-state index < -0.39 is 0 Å². The first kappa shape index (κ1) is 19.8. The largest absolute Gasteiger partial charge is 0.316 e. The molecule has 0 bridgehead atoms. The number of nitrogens with one attached hydrogen (secondary N) is 2. The van der Waals surface area contributed by atoms with Gasteiger partial charge in [0.2, 0.25) is 0 Å². The first-order valence-corrected chi connectivity index (χ1v) is 7.86. The van der Waals surface area contributed by atoms with Crippen LogP contribution in [0.15, 0.2) is 17.4 Å². The molecule has 3 atom stereocenters. The quantitative estimate of drug-likeness (QED) is 0.206. The fourth-order valence-electron chi connectivity index (χ4n) is 3.05. The van der Waals surface area contributed by atoms with E-state index in [1.165, 1.54) is 5.57 Å². The molecule has 0 aliphatic carbocycles. The number of allylic oxidation sites excluding steroid dienone is 1. The van der Waals surface area contributed by atoms with Crippen LogP contribution in [-0.4, -0.2) is 19.6 Å². The molecule has 122 valence electrons. The van der Waals surface area contributed by atoms with Gasteiger partial charge in [0, 0.05) is 12.0 Å². The van der Waals surface area contributed by atoms with E-state index in [-0.39, 0.29) is 0 Å². The van der Waals surface area contributed by atoms with Crippen LogP contribution in [0.2, 0.25) is 0 Å². The molecule has 3 unspecified atom stereocenters. The molecular weight excluding hydrogens is 262 g/mol. The highest BCUT2D eigenvalue weighted by Crippen LogP contribution is 2.30. The highest BCUT2D eigenvalue weighted by Gasteiger charge is 2.26. The summed E-state index contributed by atoms with van der Waals surface area (Å²) in [4.78, 5) is 2.73. The predicted molar refractivity (Wildman–Crippen MR) is 90.8 cm³/mol. The summed E-state index contributed by atoms with van der Waals surface area (Å²) < 4.78 is 0. The van der Waals surface area contributed by atoms with Crippen molar-refractivity contribution in [2.75, 3.05) is 13.6 Å². The van der Waals surface area contributed by atoms with Crippen molar-refractivity contribution >= 4 is 0 Å². The maximum atomic E-state index is 8.33. The Kier molecular flexibility index (Phi) is 9.14. The molecule has 0 spiro atoms. The van der Waals surface area contributed by atoms with Crippen LogP contribution in [0.3, 0.4) is 0 Å². The number of nitrogens with zero attached hydrogens (tertiary/aromatic N) is 3. The van der Waals surface area contributed by atoms with Crippen molar-refractivity contribution < 1.29 is 0 Å². The molecule has 5 nitrogen and oxygen atoms in total. The number of hydrogen-bond acceptors (Lipinski definition) is 2. The average molecular weight is 295 g/mol. The van der Waals surface area contributed by atoms with E-state index in [9.17, 15) is 0 Å². The number of hydrogen-bond donors (Lipinski definition) is 2. The lowest BCUT2D eigenvalue weighted by Gasteiger charge is -2.32. The molecule has 0 fully saturated rings. The van der Waals surface area contributed by atoms with Crippen LogP contribution < -0.4 is 10.7 Å². The SMILES string of the molecule is C=C(CC(CC)C(NC)C(C)CNN=[N+]=[N-])CC(C)(C)C. The second kappa shape index (κ2) is 9.69. The van der Waals surface area contributed by atoms with Gasteiger partial charge in [-0.15, -0.1) is 5.53 Å². The Morgan fingerprint density at radius 3 is 2.43 bits per heavy atom. The summed E-state index contributed by atoms with van der Waals surface area (Å²) in [6.07, 6.45) is 3.22. The minimum Gasteiger partial charge on any atom is -0.316 e. The minimum absolute atomic E-state index is 0.291. The zero-order chi connectivity index (χ0) is 16.5. The Balaban J connectivity index is 4.63. The third kappa shape index (κ3) is 8.64. The molecule has 0 radical (unpaired) electrons. The van der Waals surface area contributed by atoms with Crippen molar-refractivity contribution in [2.45, 2.75) is 59.9 Å². The van der Waals surface area contributed by atoms with E-state index in [4.69, 9.17) is 5.53 Å². The van der Waals surface area contributed by atoms with E-state index in [0.717, 1.165) is 19.3 Å². The van der Waals surface area contributed by atoms with Gasteiger partial charge in [0.1, 0.15) is 0 Å². The lowest BCUT2D eigenvalue weighted by atomic mass is 9.79. The lowest BCUT2D eigenvalue weighted by molar-refractivity contribution is 0.262. The summed E-state index contributed by atoms with van der Waals surface area (Å²) in [6.45, 7) is 16.1. The maximum Gasteiger partial charge on any atom is 0.0899 e. The summed E-state index contributed by atoms with van der Waals surface area (Å²) in [7, 11) is 2.00. The molecule has 0 saturated carbocycles. The van der Waals surface area contributed by atoms with E-state index in [1.54, 1.807) is 0 Å². The first-order chi connectivity index (χ1) is 9.75. The highest BCUT2D eigenvalue weighted by molar-refractivity contribution is 5.01. The summed E-state index contributed by atoms with van der Waals surface area (Å²) >= 11 is 0. The monoisotopic (exact) mass is 295 g/mol. The first-order valence-electron chi connectivity index (χ1n) is 7.86. The molecule has 0 aliphatic rings. The molecule has 5 heteroatoms. The molecule has 0 aromatic rings. The Hall–Kier alpha value is -1.19. The van der Waals surface area contributed by atoms with Gasteiger partial charge >= 0.3 is 0 Å². The van der Waals surface area contributed by atoms with Crippen LogP contribution in [0, 0.1) is 17.3 Å². The van der Waals surface area contributed by atoms with Crippen molar-refractivity contribution in [1.29, 1.82) is 0 Å². The molecule has 21 heavy (non-hydrogen) atoms. The second-order valence-corrected chi connectivity index (χ2v) is 7.20. The van der Waals surface area contributed by atoms with E-state index in [1.807, 2.05) is 7.05 Å². The fraction of sp³-hybridized carbons (Fsp3) is 0.875. The summed E-state index contributed by atoms with van der Waals surface area (Å²) in [5, 5.41) is 6.84. The molecule has 0 aromatic heterocycles. The Morgan fingerprint density at radius 1 is 1.38 bits per heavy atom.